The van der Waals surface area contributed by atoms with Crippen molar-refractivity contribution in [3.63, 3.8) is 0 Å². The molecule has 11 heavy (non-hydrogen) atoms. The summed E-state index contributed by atoms with van der Waals surface area (Å²) in [5.74, 6) is 0.395. The number of nitrogens with zero attached hydrogens (tertiary/aromatic N) is 1. The second-order valence-corrected chi connectivity index (χ2v) is 3.09. The molecular formula is C7H16N3O+. The van der Waals surface area contributed by atoms with Crippen molar-refractivity contribution in [2.75, 3.05) is 13.1 Å². The standard InChI is InChI=1S/C7H15N3O/c1-5-3-10(7(8)9)4-6(2)11-5/h5-6H,3-4H2,1-2H3,(H3,8,9)/p+1/t5-,6+. The second kappa shape index (κ2) is 3.09. The van der Waals surface area contributed by atoms with E-state index in [2.05, 4.69) is 0 Å². The molecule has 0 unspecified atom stereocenters. The first-order valence-corrected chi connectivity index (χ1v) is 3.88. The number of nitrogens with two attached hydrogens (primary N) is 2. The molecule has 4 nitrogen and oxygen atoms in total. The van der Waals surface area contributed by atoms with E-state index >= 15 is 0 Å². The van der Waals surface area contributed by atoms with Crippen molar-refractivity contribution >= 4 is 5.96 Å². The van der Waals surface area contributed by atoms with Crippen molar-refractivity contribution in [1.82, 2.24) is 0 Å². The number of hydrogen-bond acceptors (Lipinski definition) is 1. The molecule has 0 amide bonds. The minimum atomic E-state index is 0.223. The van der Waals surface area contributed by atoms with Gasteiger partial charge >= 0.3 is 5.96 Å². The van der Waals surface area contributed by atoms with Gasteiger partial charge in [-0.1, -0.05) is 0 Å². The fourth-order valence-electron chi connectivity index (χ4n) is 1.39. The van der Waals surface area contributed by atoms with E-state index in [9.17, 15) is 0 Å². The lowest BCUT2D eigenvalue weighted by atomic mass is 10.2. The zero-order valence-electron chi connectivity index (χ0n) is 7.08. The monoisotopic (exact) mass is 158 g/mol. The van der Waals surface area contributed by atoms with Crippen LogP contribution >= 0.6 is 0 Å². The molecule has 4 N–H and O–H groups in total. The summed E-state index contributed by atoms with van der Waals surface area (Å²) in [5.41, 5.74) is 10.9. The summed E-state index contributed by atoms with van der Waals surface area (Å²) < 4.78 is 7.44. The Morgan fingerprint density at radius 1 is 1.27 bits per heavy atom. The van der Waals surface area contributed by atoms with Crippen LogP contribution < -0.4 is 11.5 Å². The van der Waals surface area contributed by atoms with Crippen LogP contribution in [-0.4, -0.2) is 35.8 Å². The van der Waals surface area contributed by atoms with Crippen LogP contribution in [0.25, 0.3) is 0 Å². The van der Waals surface area contributed by atoms with Crippen LogP contribution in [0.1, 0.15) is 13.8 Å². The Balaban J connectivity index is 2.64. The molecule has 0 aliphatic carbocycles. The van der Waals surface area contributed by atoms with Crippen LogP contribution in [0.3, 0.4) is 0 Å². The molecule has 0 saturated carbocycles. The lowest BCUT2D eigenvalue weighted by Crippen LogP contribution is -2.47. The van der Waals surface area contributed by atoms with Gasteiger partial charge in [-0.25, -0.2) is 0 Å². The molecule has 1 rings (SSSR count). The summed E-state index contributed by atoms with van der Waals surface area (Å²) in [5, 5.41) is 0. The minimum Gasteiger partial charge on any atom is -0.369 e. The SMILES string of the molecule is C[C@@H]1C[N+](=C(N)N)C[C@H](C)O1. The molecule has 0 aromatic rings. The van der Waals surface area contributed by atoms with Crippen LogP contribution in [0.5, 0.6) is 0 Å². The lowest BCUT2D eigenvalue weighted by Gasteiger charge is -2.26. The van der Waals surface area contributed by atoms with Gasteiger partial charge in [0.25, 0.3) is 0 Å². The van der Waals surface area contributed by atoms with Crippen LogP contribution in [0.2, 0.25) is 0 Å². The number of morpholine rings is 1. The van der Waals surface area contributed by atoms with E-state index in [1.165, 1.54) is 0 Å². The molecule has 0 aromatic heterocycles. The highest BCUT2D eigenvalue weighted by Gasteiger charge is 2.21. The molecule has 1 saturated heterocycles. The van der Waals surface area contributed by atoms with Crippen molar-refractivity contribution in [2.45, 2.75) is 26.1 Å². The van der Waals surface area contributed by atoms with Crippen LogP contribution in [0, 0.1) is 0 Å². The van der Waals surface area contributed by atoms with Crippen molar-refractivity contribution in [1.29, 1.82) is 0 Å². The molecule has 1 fully saturated rings. The number of rotatable bonds is 0. The van der Waals surface area contributed by atoms with Crippen molar-refractivity contribution in [3.8, 4) is 0 Å². The Kier molecular flexibility index (Phi) is 2.34. The first-order valence-electron chi connectivity index (χ1n) is 3.88. The molecule has 64 valence electrons. The average Bonchev–Trinajstić information content (AvgIpc) is 1.85. The second-order valence-electron chi connectivity index (χ2n) is 3.09. The molecule has 4 heteroatoms. The fourth-order valence-corrected chi connectivity index (χ4v) is 1.39. The Labute approximate surface area is 66.8 Å². The summed E-state index contributed by atoms with van der Waals surface area (Å²) in [6.07, 6.45) is 0.446. The van der Waals surface area contributed by atoms with E-state index in [0.29, 0.717) is 5.96 Å². The Morgan fingerprint density at radius 2 is 1.73 bits per heavy atom. The number of guanidine groups is 1. The maximum atomic E-state index is 5.50. The minimum absolute atomic E-state index is 0.223. The van der Waals surface area contributed by atoms with E-state index in [1.807, 2.05) is 18.4 Å². The summed E-state index contributed by atoms with van der Waals surface area (Å²) in [4.78, 5) is 0. The zero-order valence-corrected chi connectivity index (χ0v) is 7.08. The van der Waals surface area contributed by atoms with Gasteiger partial charge in [0.2, 0.25) is 0 Å². The van der Waals surface area contributed by atoms with E-state index in [-0.39, 0.29) is 12.2 Å². The molecule has 0 radical (unpaired) electrons. The maximum Gasteiger partial charge on any atom is 0.341 e. The molecule has 1 heterocycles. The van der Waals surface area contributed by atoms with Crippen LogP contribution in [-0.2, 0) is 4.74 Å². The average molecular weight is 158 g/mol. The van der Waals surface area contributed by atoms with Crippen LogP contribution in [0.15, 0.2) is 0 Å². The van der Waals surface area contributed by atoms with Gasteiger partial charge in [-0.15, -0.1) is 0 Å². The maximum absolute atomic E-state index is 5.50. The Morgan fingerprint density at radius 3 is 2.09 bits per heavy atom. The summed E-state index contributed by atoms with van der Waals surface area (Å²) >= 11 is 0. The first kappa shape index (κ1) is 8.33. The lowest BCUT2D eigenvalue weighted by molar-refractivity contribution is -0.568. The number of ether oxygens (including phenoxy) is 1. The Bertz CT molecular complexity index is 163. The van der Waals surface area contributed by atoms with Gasteiger partial charge in [-0.2, -0.15) is 0 Å². The number of hydrogen-bond donors (Lipinski definition) is 2. The molecule has 0 spiro atoms. The van der Waals surface area contributed by atoms with Gasteiger partial charge in [-0.05, 0) is 13.8 Å². The molecular weight excluding hydrogens is 142 g/mol. The summed E-state index contributed by atoms with van der Waals surface area (Å²) in [6, 6.07) is 0. The predicted molar refractivity (Wildman–Crippen MR) is 43.4 cm³/mol. The highest BCUT2D eigenvalue weighted by molar-refractivity contribution is 5.70. The molecule has 1 aliphatic rings. The third kappa shape index (κ3) is 2.08. The van der Waals surface area contributed by atoms with Gasteiger partial charge in [0.1, 0.15) is 0 Å². The van der Waals surface area contributed by atoms with E-state index in [4.69, 9.17) is 16.2 Å². The van der Waals surface area contributed by atoms with Crippen molar-refractivity contribution in [3.05, 3.63) is 0 Å². The van der Waals surface area contributed by atoms with Gasteiger partial charge in [0, 0.05) is 0 Å². The highest BCUT2D eigenvalue weighted by atomic mass is 16.5. The molecule has 0 bridgehead atoms. The Hall–Kier alpha value is -0.770. The highest BCUT2D eigenvalue weighted by Crippen LogP contribution is 2.05. The first-order chi connectivity index (χ1) is 5.09. The topological polar surface area (TPSA) is 64.3 Å². The van der Waals surface area contributed by atoms with E-state index in [1.54, 1.807) is 0 Å². The van der Waals surface area contributed by atoms with Crippen LogP contribution in [0.4, 0.5) is 0 Å². The summed E-state index contributed by atoms with van der Waals surface area (Å²) in [6.45, 7) is 5.64. The third-order valence-corrected chi connectivity index (χ3v) is 1.78. The van der Waals surface area contributed by atoms with Gasteiger partial charge in [0.05, 0.1) is 25.3 Å². The third-order valence-electron chi connectivity index (χ3n) is 1.78. The fraction of sp³-hybridized carbons (Fsp3) is 0.857. The molecule has 1 aliphatic heterocycles. The van der Waals surface area contributed by atoms with Crippen molar-refractivity contribution in [2.24, 2.45) is 11.5 Å². The molecule has 2 atom stereocenters. The van der Waals surface area contributed by atoms with Crippen molar-refractivity contribution < 1.29 is 9.31 Å². The van der Waals surface area contributed by atoms with Gasteiger partial charge in [0.15, 0.2) is 0 Å². The largest absolute Gasteiger partial charge is 0.369 e. The van der Waals surface area contributed by atoms with Gasteiger partial charge < -0.3 is 4.74 Å². The van der Waals surface area contributed by atoms with Gasteiger partial charge in [-0.3, -0.25) is 16.0 Å². The summed E-state index contributed by atoms with van der Waals surface area (Å²) in [7, 11) is 0. The smallest absolute Gasteiger partial charge is 0.341 e. The zero-order chi connectivity index (χ0) is 8.43. The normalized spacial score (nSPS) is 32.0. The van der Waals surface area contributed by atoms with E-state index < -0.39 is 0 Å². The predicted octanol–water partition coefficient (Wildman–Crippen LogP) is -0.920. The quantitative estimate of drug-likeness (QED) is 0.354. The van der Waals surface area contributed by atoms with E-state index in [0.717, 1.165) is 13.1 Å². The molecule has 0 aromatic carbocycles.